The molecule has 174 valence electrons. The van der Waals surface area contributed by atoms with Crippen LogP contribution in [0.5, 0.6) is 0 Å². The van der Waals surface area contributed by atoms with E-state index in [9.17, 15) is 4.79 Å². The number of halogens is 1. The van der Waals surface area contributed by atoms with Gasteiger partial charge in [-0.1, -0.05) is 41.9 Å². The molecule has 3 aromatic rings. The Hall–Kier alpha value is -2.43. The first-order valence-electron chi connectivity index (χ1n) is 12.3. The lowest BCUT2D eigenvalue weighted by Gasteiger charge is -2.43. The van der Waals surface area contributed by atoms with Crippen LogP contribution in [0.4, 0.5) is 5.69 Å². The molecule has 34 heavy (non-hydrogen) atoms. The Morgan fingerprint density at radius 3 is 2.62 bits per heavy atom. The van der Waals surface area contributed by atoms with E-state index >= 15 is 0 Å². The standard InChI is InChI=1S/C29H29ClN2OS/c30-22-9-11-23(12-10-22)34-15-14-31-29(33)21-8-13-25-24(17-21)26-19-6-7-20(16-19)27(26)28(32-25)18-4-2-1-3-5-18/h1-5,8-13,17,19-20,26-28,32H,6-7,14-16H2,(H,31,33)/t19-,20-,26-,27+,28+/m0/s1. The second-order valence-electron chi connectivity index (χ2n) is 9.83. The number of hydrogen-bond acceptors (Lipinski definition) is 3. The molecule has 0 aromatic heterocycles. The van der Waals surface area contributed by atoms with Crippen molar-refractivity contribution < 1.29 is 4.79 Å². The zero-order chi connectivity index (χ0) is 23.1. The molecule has 1 amide bonds. The summed E-state index contributed by atoms with van der Waals surface area (Å²) in [5.74, 6) is 3.53. The Morgan fingerprint density at radius 1 is 1.00 bits per heavy atom. The van der Waals surface area contributed by atoms with Gasteiger partial charge in [-0.15, -0.1) is 11.8 Å². The van der Waals surface area contributed by atoms with Gasteiger partial charge in [-0.25, -0.2) is 0 Å². The predicted molar refractivity (Wildman–Crippen MR) is 141 cm³/mol. The maximum Gasteiger partial charge on any atom is 0.251 e. The highest BCUT2D eigenvalue weighted by molar-refractivity contribution is 7.99. The minimum atomic E-state index is 0.0180. The van der Waals surface area contributed by atoms with Gasteiger partial charge in [-0.05, 0) is 96.5 Å². The van der Waals surface area contributed by atoms with Crippen molar-refractivity contribution in [2.24, 2.45) is 17.8 Å². The molecule has 5 heteroatoms. The number of benzene rings is 3. The number of hydrogen-bond donors (Lipinski definition) is 2. The summed E-state index contributed by atoms with van der Waals surface area (Å²) in [7, 11) is 0. The summed E-state index contributed by atoms with van der Waals surface area (Å²) in [6, 6.07) is 25.4. The molecule has 2 bridgehead atoms. The minimum Gasteiger partial charge on any atom is -0.378 e. The van der Waals surface area contributed by atoms with Gasteiger partial charge in [0.2, 0.25) is 0 Å². The molecule has 0 spiro atoms. The summed E-state index contributed by atoms with van der Waals surface area (Å²) in [5.41, 5.74) is 4.72. The normalized spacial score (nSPS) is 26.4. The molecule has 0 radical (unpaired) electrons. The molecular weight excluding hydrogens is 460 g/mol. The van der Waals surface area contributed by atoms with Crippen molar-refractivity contribution in [3.05, 3.63) is 94.5 Å². The molecule has 2 saturated carbocycles. The van der Waals surface area contributed by atoms with Crippen LogP contribution >= 0.6 is 23.4 Å². The number of amides is 1. The van der Waals surface area contributed by atoms with Crippen LogP contribution in [-0.2, 0) is 0 Å². The van der Waals surface area contributed by atoms with E-state index < -0.39 is 0 Å². The summed E-state index contributed by atoms with van der Waals surface area (Å²) < 4.78 is 0. The van der Waals surface area contributed by atoms with Gasteiger partial charge in [0.05, 0.1) is 6.04 Å². The number of rotatable bonds is 6. The average Bonchev–Trinajstić information content (AvgIpc) is 3.50. The SMILES string of the molecule is O=C(NCCSc1ccc(Cl)cc1)c1ccc2c(c1)[C@@H]1[C@H]3CC[C@@H](C3)[C@H]1[C@@H](c1ccccc1)N2. The fourth-order valence-electron chi connectivity index (χ4n) is 6.58. The van der Waals surface area contributed by atoms with E-state index in [0.717, 1.165) is 33.1 Å². The highest BCUT2D eigenvalue weighted by atomic mass is 35.5. The molecule has 5 atom stereocenters. The van der Waals surface area contributed by atoms with Gasteiger partial charge in [0.25, 0.3) is 5.91 Å². The lowest BCUT2D eigenvalue weighted by Crippen LogP contribution is -2.35. The Balaban J connectivity index is 1.17. The third-order valence-corrected chi connectivity index (χ3v) is 9.24. The van der Waals surface area contributed by atoms with Crippen LogP contribution in [0.2, 0.25) is 5.02 Å². The molecule has 1 heterocycles. The molecule has 2 fully saturated rings. The van der Waals surface area contributed by atoms with Gasteiger partial charge >= 0.3 is 0 Å². The maximum absolute atomic E-state index is 13.0. The van der Waals surface area contributed by atoms with Crippen LogP contribution in [-0.4, -0.2) is 18.2 Å². The van der Waals surface area contributed by atoms with Crippen molar-refractivity contribution in [3.8, 4) is 0 Å². The summed E-state index contributed by atoms with van der Waals surface area (Å²) in [4.78, 5) is 14.1. The second kappa shape index (κ2) is 9.31. The number of nitrogens with one attached hydrogen (secondary N) is 2. The first-order chi connectivity index (χ1) is 16.7. The first kappa shape index (κ1) is 22.1. The maximum atomic E-state index is 13.0. The quantitative estimate of drug-likeness (QED) is 0.285. The van der Waals surface area contributed by atoms with Gasteiger partial charge in [-0.3, -0.25) is 4.79 Å². The number of thioether (sulfide) groups is 1. The van der Waals surface area contributed by atoms with Crippen LogP contribution in [0, 0.1) is 17.8 Å². The Kier molecular flexibility index (Phi) is 6.04. The Morgan fingerprint density at radius 2 is 1.79 bits per heavy atom. The van der Waals surface area contributed by atoms with Gasteiger partial charge in [-0.2, -0.15) is 0 Å². The highest BCUT2D eigenvalue weighted by Crippen LogP contribution is 2.63. The van der Waals surface area contributed by atoms with Gasteiger partial charge in [0, 0.05) is 33.5 Å². The summed E-state index contributed by atoms with van der Waals surface area (Å²) in [6.07, 6.45) is 4.00. The zero-order valence-corrected chi connectivity index (χ0v) is 20.6. The molecule has 3 aliphatic rings. The highest BCUT2D eigenvalue weighted by Gasteiger charge is 2.53. The van der Waals surface area contributed by atoms with Crippen molar-refractivity contribution in [1.29, 1.82) is 0 Å². The molecule has 1 aliphatic heterocycles. The topological polar surface area (TPSA) is 41.1 Å². The van der Waals surface area contributed by atoms with Crippen molar-refractivity contribution in [1.82, 2.24) is 5.32 Å². The lowest BCUT2D eigenvalue weighted by molar-refractivity contribution is 0.0956. The van der Waals surface area contributed by atoms with Crippen molar-refractivity contribution in [3.63, 3.8) is 0 Å². The number of carbonyl (C=O) groups is 1. The monoisotopic (exact) mass is 488 g/mol. The van der Waals surface area contributed by atoms with Crippen LogP contribution in [0.3, 0.4) is 0 Å². The fourth-order valence-corrected chi connectivity index (χ4v) is 7.48. The predicted octanol–water partition coefficient (Wildman–Crippen LogP) is 7.16. The van der Waals surface area contributed by atoms with Crippen LogP contribution in [0.1, 0.15) is 52.7 Å². The summed E-state index contributed by atoms with van der Waals surface area (Å²) in [6.45, 7) is 0.633. The zero-order valence-electron chi connectivity index (χ0n) is 19.0. The summed E-state index contributed by atoms with van der Waals surface area (Å²) >= 11 is 7.68. The molecule has 2 N–H and O–H groups in total. The molecule has 0 unspecified atom stereocenters. The molecule has 3 aromatic carbocycles. The van der Waals surface area contributed by atoms with Gasteiger partial charge in [0.1, 0.15) is 0 Å². The van der Waals surface area contributed by atoms with E-state index in [4.69, 9.17) is 11.6 Å². The van der Waals surface area contributed by atoms with Crippen LogP contribution in [0.25, 0.3) is 0 Å². The van der Waals surface area contributed by atoms with E-state index in [2.05, 4.69) is 53.1 Å². The van der Waals surface area contributed by atoms with Gasteiger partial charge in [0.15, 0.2) is 0 Å². The minimum absolute atomic E-state index is 0.0180. The first-order valence-corrected chi connectivity index (χ1v) is 13.7. The molecule has 3 nitrogen and oxygen atoms in total. The van der Waals surface area contributed by atoms with E-state index in [-0.39, 0.29) is 5.91 Å². The van der Waals surface area contributed by atoms with Crippen LogP contribution in [0.15, 0.2) is 77.7 Å². The number of carbonyl (C=O) groups excluding carboxylic acids is 1. The summed E-state index contributed by atoms with van der Waals surface area (Å²) in [5, 5.41) is 7.72. The average molecular weight is 489 g/mol. The molecule has 6 rings (SSSR count). The van der Waals surface area contributed by atoms with Crippen molar-refractivity contribution in [2.45, 2.75) is 36.1 Å². The third-order valence-electron chi connectivity index (χ3n) is 7.98. The lowest BCUT2D eigenvalue weighted by atomic mass is 9.68. The Labute approximate surface area is 210 Å². The molecule has 0 saturated heterocycles. The van der Waals surface area contributed by atoms with Crippen molar-refractivity contribution >= 4 is 35.0 Å². The van der Waals surface area contributed by atoms with Crippen LogP contribution < -0.4 is 10.6 Å². The van der Waals surface area contributed by atoms with E-state index in [1.807, 2.05) is 30.3 Å². The van der Waals surface area contributed by atoms with E-state index in [1.54, 1.807) is 11.8 Å². The second-order valence-corrected chi connectivity index (χ2v) is 11.4. The third kappa shape index (κ3) is 4.12. The number of fused-ring (bicyclic) bond motifs is 7. The van der Waals surface area contributed by atoms with Gasteiger partial charge < -0.3 is 10.6 Å². The smallest absolute Gasteiger partial charge is 0.251 e. The molecule has 2 aliphatic carbocycles. The Bertz CT molecular complexity index is 1180. The number of anilines is 1. The largest absolute Gasteiger partial charge is 0.378 e. The van der Waals surface area contributed by atoms with E-state index in [0.29, 0.717) is 24.4 Å². The fraction of sp³-hybridized carbons (Fsp3) is 0.345. The van der Waals surface area contributed by atoms with E-state index in [1.165, 1.54) is 36.1 Å². The van der Waals surface area contributed by atoms with Crippen molar-refractivity contribution in [2.75, 3.05) is 17.6 Å². The molecular formula is C29H29ClN2OS.